The van der Waals surface area contributed by atoms with Crippen LogP contribution in [-0.4, -0.2) is 67.3 Å². The number of hydrogen-bond acceptors (Lipinski definition) is 5. The summed E-state index contributed by atoms with van der Waals surface area (Å²) in [6.45, 7) is 4.24. The Balaban J connectivity index is 1.66. The van der Waals surface area contributed by atoms with Gasteiger partial charge < -0.3 is 25.4 Å². The van der Waals surface area contributed by atoms with Crippen molar-refractivity contribution in [1.29, 1.82) is 0 Å². The summed E-state index contributed by atoms with van der Waals surface area (Å²) in [6, 6.07) is 14.1. The summed E-state index contributed by atoms with van der Waals surface area (Å²) in [5, 5.41) is 14.7. The summed E-state index contributed by atoms with van der Waals surface area (Å²) < 4.78 is 5.57. The van der Waals surface area contributed by atoms with Gasteiger partial charge in [0.25, 0.3) is 0 Å². The second kappa shape index (κ2) is 11.8. The monoisotopic (exact) mass is 481 g/mol. The first-order valence-electron chi connectivity index (χ1n) is 12.0. The lowest BCUT2D eigenvalue weighted by atomic mass is 9.98. The van der Waals surface area contributed by atoms with E-state index in [1.165, 1.54) is 0 Å². The van der Waals surface area contributed by atoms with Gasteiger partial charge in [0.2, 0.25) is 5.91 Å². The quantitative estimate of drug-likeness (QED) is 0.454. The van der Waals surface area contributed by atoms with E-state index in [2.05, 4.69) is 22.8 Å². The van der Waals surface area contributed by atoms with Gasteiger partial charge in [0.1, 0.15) is 18.7 Å². The average molecular weight is 482 g/mol. The van der Waals surface area contributed by atoms with Crippen LogP contribution < -0.4 is 10.6 Å². The van der Waals surface area contributed by atoms with E-state index in [1.54, 1.807) is 19.0 Å². The third-order valence-electron chi connectivity index (χ3n) is 6.45. The third kappa shape index (κ3) is 6.60. The van der Waals surface area contributed by atoms with Crippen LogP contribution in [0.4, 0.5) is 4.79 Å². The van der Waals surface area contributed by atoms with E-state index in [-0.39, 0.29) is 25.0 Å². The Bertz CT molecular complexity index is 1010. The highest BCUT2D eigenvalue weighted by atomic mass is 16.5. The largest absolute Gasteiger partial charge is 0.480 e. The van der Waals surface area contributed by atoms with Crippen molar-refractivity contribution < 1.29 is 24.2 Å². The fourth-order valence-electron chi connectivity index (χ4n) is 4.40. The van der Waals surface area contributed by atoms with Crippen molar-refractivity contribution in [3.63, 3.8) is 0 Å². The molecular weight excluding hydrogens is 446 g/mol. The molecule has 8 heteroatoms. The molecule has 2 aromatic carbocycles. The Morgan fingerprint density at radius 2 is 1.54 bits per heavy atom. The van der Waals surface area contributed by atoms with Crippen molar-refractivity contribution in [3.8, 4) is 11.1 Å². The molecule has 0 aliphatic heterocycles. The van der Waals surface area contributed by atoms with Gasteiger partial charge >= 0.3 is 12.1 Å². The van der Waals surface area contributed by atoms with E-state index >= 15 is 0 Å². The average Bonchev–Trinajstić information content (AvgIpc) is 3.15. The number of nitrogens with zero attached hydrogens (tertiary/aromatic N) is 1. The Morgan fingerprint density at radius 1 is 0.971 bits per heavy atom. The molecule has 0 aromatic heterocycles. The molecule has 1 aliphatic carbocycles. The van der Waals surface area contributed by atoms with Crippen LogP contribution in [-0.2, 0) is 14.3 Å². The zero-order valence-corrected chi connectivity index (χ0v) is 20.8. The standard InChI is InChI=1S/C27H35N3O5/c1-5-17(2)14-23(26(32)33)28-25(31)24(15-30(3)4)29-27(34)35-16-22-20-12-8-6-10-18(20)19-11-7-9-13-21(19)22/h6-13,17,22-24H,5,14-16H2,1-4H3,(H,28,31)(H,29,34)(H,32,33)/t17?,23?,24-/m0/s1. The maximum atomic E-state index is 12.9. The molecular formula is C27H35N3O5. The third-order valence-corrected chi connectivity index (χ3v) is 6.45. The minimum Gasteiger partial charge on any atom is -0.480 e. The van der Waals surface area contributed by atoms with Crippen molar-refractivity contribution >= 4 is 18.0 Å². The molecule has 2 aromatic rings. The molecule has 35 heavy (non-hydrogen) atoms. The molecule has 2 amide bonds. The van der Waals surface area contributed by atoms with E-state index in [4.69, 9.17) is 4.74 Å². The highest BCUT2D eigenvalue weighted by Crippen LogP contribution is 2.44. The molecule has 0 radical (unpaired) electrons. The molecule has 8 nitrogen and oxygen atoms in total. The predicted octanol–water partition coefficient (Wildman–Crippen LogP) is 3.46. The Kier molecular flexibility index (Phi) is 8.87. The number of likely N-dealkylation sites (N-methyl/N-ethyl adjacent to an activating group) is 1. The number of alkyl carbamates (subject to hydrolysis) is 1. The molecule has 3 N–H and O–H groups in total. The van der Waals surface area contributed by atoms with Crippen molar-refractivity contribution in [3.05, 3.63) is 59.7 Å². The fourth-order valence-corrected chi connectivity index (χ4v) is 4.40. The molecule has 0 heterocycles. The lowest BCUT2D eigenvalue weighted by Crippen LogP contribution is -2.55. The molecule has 188 valence electrons. The number of carbonyl (C=O) groups is 3. The van der Waals surface area contributed by atoms with Gasteiger partial charge in [-0.15, -0.1) is 0 Å². The predicted molar refractivity (Wildman–Crippen MR) is 134 cm³/mol. The summed E-state index contributed by atoms with van der Waals surface area (Å²) >= 11 is 0. The molecule has 3 atom stereocenters. The molecule has 0 saturated carbocycles. The topological polar surface area (TPSA) is 108 Å². The zero-order chi connectivity index (χ0) is 25.5. The first kappa shape index (κ1) is 26.2. The van der Waals surface area contributed by atoms with E-state index in [9.17, 15) is 19.5 Å². The van der Waals surface area contributed by atoms with Crippen LogP contribution in [0.3, 0.4) is 0 Å². The molecule has 2 unspecified atom stereocenters. The Hall–Kier alpha value is -3.39. The van der Waals surface area contributed by atoms with Gasteiger partial charge in [-0.05, 0) is 48.7 Å². The highest BCUT2D eigenvalue weighted by Gasteiger charge is 2.31. The molecule has 0 fully saturated rings. The minimum absolute atomic E-state index is 0.0961. The smallest absolute Gasteiger partial charge is 0.407 e. The summed E-state index contributed by atoms with van der Waals surface area (Å²) in [4.78, 5) is 39.0. The van der Waals surface area contributed by atoms with Crippen molar-refractivity contribution in [2.45, 2.75) is 44.7 Å². The van der Waals surface area contributed by atoms with Gasteiger partial charge in [-0.2, -0.15) is 0 Å². The number of ether oxygens (including phenoxy) is 1. The summed E-state index contributed by atoms with van der Waals surface area (Å²) in [5.74, 6) is -1.61. The number of carboxylic acids is 1. The summed E-state index contributed by atoms with van der Waals surface area (Å²) in [7, 11) is 3.54. The van der Waals surface area contributed by atoms with Gasteiger partial charge in [0.15, 0.2) is 0 Å². The van der Waals surface area contributed by atoms with Crippen LogP contribution in [0.25, 0.3) is 11.1 Å². The minimum atomic E-state index is -1.09. The lowest BCUT2D eigenvalue weighted by molar-refractivity contribution is -0.142. The maximum absolute atomic E-state index is 12.9. The van der Waals surface area contributed by atoms with E-state index < -0.39 is 30.1 Å². The van der Waals surface area contributed by atoms with Gasteiger partial charge in [-0.1, -0.05) is 68.8 Å². The van der Waals surface area contributed by atoms with Crippen LogP contribution in [0.1, 0.15) is 43.7 Å². The van der Waals surface area contributed by atoms with Gasteiger partial charge in [-0.3, -0.25) is 4.79 Å². The molecule has 0 spiro atoms. The molecule has 3 rings (SSSR count). The van der Waals surface area contributed by atoms with Crippen LogP contribution in [0, 0.1) is 5.92 Å². The number of carboxylic acid groups (broad SMARTS) is 1. The first-order valence-corrected chi connectivity index (χ1v) is 12.0. The van der Waals surface area contributed by atoms with Gasteiger partial charge in [0, 0.05) is 12.5 Å². The second-order valence-electron chi connectivity index (χ2n) is 9.43. The van der Waals surface area contributed by atoms with Gasteiger partial charge in [-0.25, -0.2) is 9.59 Å². The van der Waals surface area contributed by atoms with E-state index in [0.29, 0.717) is 6.42 Å². The Morgan fingerprint density at radius 3 is 2.06 bits per heavy atom. The van der Waals surface area contributed by atoms with Crippen LogP contribution >= 0.6 is 0 Å². The number of aliphatic carboxylic acids is 1. The summed E-state index contributed by atoms with van der Waals surface area (Å²) in [5.41, 5.74) is 4.45. The highest BCUT2D eigenvalue weighted by molar-refractivity contribution is 5.89. The van der Waals surface area contributed by atoms with E-state index in [1.807, 2.05) is 50.2 Å². The number of rotatable bonds is 11. The second-order valence-corrected chi connectivity index (χ2v) is 9.43. The number of amides is 2. The van der Waals surface area contributed by atoms with Crippen LogP contribution in [0.15, 0.2) is 48.5 Å². The maximum Gasteiger partial charge on any atom is 0.407 e. The number of fused-ring (bicyclic) bond motifs is 3. The first-order chi connectivity index (χ1) is 16.7. The van der Waals surface area contributed by atoms with Crippen LogP contribution in [0.5, 0.6) is 0 Å². The molecule has 1 aliphatic rings. The zero-order valence-electron chi connectivity index (χ0n) is 20.8. The van der Waals surface area contributed by atoms with Crippen LogP contribution in [0.2, 0.25) is 0 Å². The normalized spacial score (nSPS) is 15.0. The molecule has 0 saturated heterocycles. The van der Waals surface area contributed by atoms with E-state index in [0.717, 1.165) is 28.7 Å². The summed E-state index contributed by atoms with van der Waals surface area (Å²) in [6.07, 6.45) is 0.401. The number of benzene rings is 2. The number of carbonyl (C=O) groups excluding carboxylic acids is 2. The number of hydrogen-bond donors (Lipinski definition) is 3. The SMILES string of the molecule is CCC(C)CC(NC(=O)[C@H](CN(C)C)NC(=O)OCC1c2ccccc2-c2ccccc21)C(=O)O. The fraction of sp³-hybridized carbons (Fsp3) is 0.444. The van der Waals surface area contributed by atoms with Gasteiger partial charge in [0.05, 0.1) is 0 Å². The Labute approximate surface area is 206 Å². The molecule has 0 bridgehead atoms. The van der Waals surface area contributed by atoms with Crippen molar-refractivity contribution in [2.75, 3.05) is 27.2 Å². The van der Waals surface area contributed by atoms with Crippen molar-refractivity contribution in [2.24, 2.45) is 5.92 Å². The van der Waals surface area contributed by atoms with Crippen molar-refractivity contribution in [1.82, 2.24) is 15.5 Å². The lowest BCUT2D eigenvalue weighted by Gasteiger charge is -2.25. The number of nitrogens with one attached hydrogen (secondary N) is 2.